The van der Waals surface area contributed by atoms with Crippen molar-refractivity contribution in [3.63, 3.8) is 0 Å². The summed E-state index contributed by atoms with van der Waals surface area (Å²) in [5.74, 6) is 0.335. The number of hydrogen-bond donors (Lipinski definition) is 1. The number of amides is 2. The Bertz CT molecular complexity index is 699. The zero-order valence-corrected chi connectivity index (χ0v) is 14.5. The van der Waals surface area contributed by atoms with E-state index in [4.69, 9.17) is 4.42 Å². The second-order valence-corrected chi connectivity index (χ2v) is 6.59. The van der Waals surface area contributed by atoms with E-state index < -0.39 is 0 Å². The Kier molecular flexibility index (Phi) is 5.53. The van der Waals surface area contributed by atoms with Crippen LogP contribution in [-0.2, 0) is 11.2 Å². The number of piperidine rings is 1. The van der Waals surface area contributed by atoms with Gasteiger partial charge in [0.15, 0.2) is 5.76 Å². The van der Waals surface area contributed by atoms with E-state index in [0.29, 0.717) is 25.3 Å². The maximum Gasteiger partial charge on any atom is 0.287 e. The number of nitrogens with one attached hydrogen (secondary N) is 1. The van der Waals surface area contributed by atoms with Crippen molar-refractivity contribution in [1.82, 2.24) is 10.2 Å². The molecular weight excluding hydrogens is 316 g/mol. The summed E-state index contributed by atoms with van der Waals surface area (Å²) in [6.45, 7) is 3.44. The number of rotatable bonds is 5. The minimum Gasteiger partial charge on any atom is -0.459 e. The highest BCUT2D eigenvalue weighted by Gasteiger charge is 2.24. The van der Waals surface area contributed by atoms with Crippen molar-refractivity contribution >= 4 is 11.8 Å². The lowest BCUT2D eigenvalue weighted by Crippen LogP contribution is -2.46. The number of furan rings is 1. The largest absolute Gasteiger partial charge is 0.459 e. The third kappa shape index (κ3) is 4.72. The van der Waals surface area contributed by atoms with Crippen molar-refractivity contribution in [1.29, 1.82) is 0 Å². The summed E-state index contributed by atoms with van der Waals surface area (Å²) < 4.78 is 5.10. The molecule has 0 spiro atoms. The quantitative estimate of drug-likeness (QED) is 0.910. The second-order valence-electron chi connectivity index (χ2n) is 6.59. The van der Waals surface area contributed by atoms with Crippen LogP contribution < -0.4 is 5.32 Å². The lowest BCUT2D eigenvalue weighted by Gasteiger charge is -2.32. The van der Waals surface area contributed by atoms with Gasteiger partial charge in [-0.05, 0) is 43.9 Å². The monoisotopic (exact) mass is 340 g/mol. The lowest BCUT2D eigenvalue weighted by atomic mass is 10.0. The van der Waals surface area contributed by atoms with Crippen LogP contribution in [0.5, 0.6) is 0 Å². The Morgan fingerprint density at radius 1 is 1.16 bits per heavy atom. The van der Waals surface area contributed by atoms with E-state index in [2.05, 4.69) is 36.5 Å². The van der Waals surface area contributed by atoms with Gasteiger partial charge in [0.1, 0.15) is 0 Å². The van der Waals surface area contributed by atoms with Crippen LogP contribution in [0.3, 0.4) is 0 Å². The topological polar surface area (TPSA) is 62.6 Å². The molecule has 5 heteroatoms. The van der Waals surface area contributed by atoms with Crippen molar-refractivity contribution in [3.05, 3.63) is 59.5 Å². The first-order valence-electron chi connectivity index (χ1n) is 8.79. The van der Waals surface area contributed by atoms with Crippen LogP contribution >= 0.6 is 0 Å². The molecular formula is C20H24N2O3. The van der Waals surface area contributed by atoms with Crippen LogP contribution in [0, 0.1) is 6.92 Å². The SMILES string of the molecule is Cc1ccc(CCC(=O)N2CCC(NC(=O)c3ccco3)CC2)cc1. The molecule has 25 heavy (non-hydrogen) atoms. The molecule has 132 valence electrons. The summed E-state index contributed by atoms with van der Waals surface area (Å²) in [5.41, 5.74) is 2.42. The molecule has 1 aromatic carbocycles. The Morgan fingerprint density at radius 2 is 1.88 bits per heavy atom. The molecule has 2 heterocycles. The first-order valence-corrected chi connectivity index (χ1v) is 8.79. The fourth-order valence-corrected chi connectivity index (χ4v) is 3.10. The Labute approximate surface area is 148 Å². The van der Waals surface area contributed by atoms with E-state index in [1.807, 2.05) is 4.90 Å². The van der Waals surface area contributed by atoms with Gasteiger partial charge in [0, 0.05) is 25.6 Å². The molecule has 1 aliphatic heterocycles. The Balaban J connectivity index is 1.41. The second kappa shape index (κ2) is 8.01. The summed E-state index contributed by atoms with van der Waals surface area (Å²) in [5, 5.41) is 2.97. The highest BCUT2D eigenvalue weighted by Crippen LogP contribution is 2.14. The van der Waals surface area contributed by atoms with E-state index in [0.717, 1.165) is 19.3 Å². The molecule has 0 radical (unpaired) electrons. The molecule has 0 unspecified atom stereocenters. The maximum absolute atomic E-state index is 12.4. The van der Waals surface area contributed by atoms with Crippen LogP contribution in [0.25, 0.3) is 0 Å². The Morgan fingerprint density at radius 3 is 2.52 bits per heavy atom. The van der Waals surface area contributed by atoms with Gasteiger partial charge in [0.2, 0.25) is 5.91 Å². The fourth-order valence-electron chi connectivity index (χ4n) is 3.10. The standard InChI is InChI=1S/C20H24N2O3/c1-15-4-6-16(7-5-15)8-9-19(23)22-12-10-17(11-13-22)21-20(24)18-3-2-14-25-18/h2-7,14,17H,8-13H2,1H3,(H,21,24). The number of aryl methyl sites for hydroxylation is 2. The Hall–Kier alpha value is -2.56. The van der Waals surface area contributed by atoms with Crippen molar-refractivity contribution in [2.24, 2.45) is 0 Å². The molecule has 5 nitrogen and oxygen atoms in total. The minimum atomic E-state index is -0.186. The third-order valence-corrected chi connectivity index (χ3v) is 4.68. The molecule has 0 atom stereocenters. The summed E-state index contributed by atoms with van der Waals surface area (Å²) >= 11 is 0. The van der Waals surface area contributed by atoms with E-state index in [1.54, 1.807) is 12.1 Å². The van der Waals surface area contributed by atoms with Gasteiger partial charge in [-0.15, -0.1) is 0 Å². The van der Waals surface area contributed by atoms with Crippen LogP contribution in [0.4, 0.5) is 0 Å². The van der Waals surface area contributed by atoms with Gasteiger partial charge in [0.25, 0.3) is 5.91 Å². The van der Waals surface area contributed by atoms with Gasteiger partial charge >= 0.3 is 0 Å². The molecule has 1 aromatic heterocycles. The number of nitrogens with zero attached hydrogens (tertiary/aromatic N) is 1. The molecule has 0 aliphatic carbocycles. The highest BCUT2D eigenvalue weighted by atomic mass is 16.3. The van der Waals surface area contributed by atoms with Gasteiger partial charge < -0.3 is 14.6 Å². The smallest absolute Gasteiger partial charge is 0.287 e. The number of likely N-dealkylation sites (tertiary alicyclic amines) is 1. The summed E-state index contributed by atoms with van der Waals surface area (Å²) in [6.07, 6.45) is 4.36. The number of carbonyl (C=O) groups excluding carboxylic acids is 2. The highest BCUT2D eigenvalue weighted by molar-refractivity contribution is 5.91. The normalized spacial score (nSPS) is 15.2. The van der Waals surface area contributed by atoms with Gasteiger partial charge in [-0.25, -0.2) is 0 Å². The molecule has 1 N–H and O–H groups in total. The molecule has 3 rings (SSSR count). The number of benzene rings is 1. The van der Waals surface area contributed by atoms with Crippen LogP contribution in [0.1, 0.15) is 40.9 Å². The maximum atomic E-state index is 12.4. The fraction of sp³-hybridized carbons (Fsp3) is 0.400. The first kappa shape index (κ1) is 17.3. The van der Waals surface area contributed by atoms with Gasteiger partial charge in [-0.3, -0.25) is 9.59 Å². The van der Waals surface area contributed by atoms with E-state index in [-0.39, 0.29) is 17.9 Å². The predicted molar refractivity (Wildman–Crippen MR) is 95.3 cm³/mol. The van der Waals surface area contributed by atoms with Crippen molar-refractivity contribution in [2.45, 2.75) is 38.6 Å². The summed E-state index contributed by atoms with van der Waals surface area (Å²) in [4.78, 5) is 26.3. The van der Waals surface area contributed by atoms with Gasteiger partial charge in [-0.1, -0.05) is 29.8 Å². The van der Waals surface area contributed by atoms with Crippen LogP contribution in [-0.4, -0.2) is 35.8 Å². The zero-order chi connectivity index (χ0) is 17.6. The first-order chi connectivity index (χ1) is 12.1. The summed E-state index contributed by atoms with van der Waals surface area (Å²) in [7, 11) is 0. The van der Waals surface area contributed by atoms with Crippen molar-refractivity contribution < 1.29 is 14.0 Å². The third-order valence-electron chi connectivity index (χ3n) is 4.68. The van der Waals surface area contributed by atoms with E-state index >= 15 is 0 Å². The molecule has 1 aliphatic rings. The predicted octanol–water partition coefficient (Wildman–Crippen LogP) is 2.94. The molecule has 2 amide bonds. The number of hydrogen-bond acceptors (Lipinski definition) is 3. The average Bonchev–Trinajstić information content (AvgIpc) is 3.16. The van der Waals surface area contributed by atoms with Gasteiger partial charge in [0.05, 0.1) is 6.26 Å². The average molecular weight is 340 g/mol. The lowest BCUT2D eigenvalue weighted by molar-refractivity contribution is -0.132. The van der Waals surface area contributed by atoms with E-state index in [9.17, 15) is 9.59 Å². The molecule has 0 bridgehead atoms. The van der Waals surface area contributed by atoms with Crippen LogP contribution in [0.2, 0.25) is 0 Å². The molecule has 1 fully saturated rings. The molecule has 1 saturated heterocycles. The minimum absolute atomic E-state index is 0.0961. The molecule has 0 saturated carbocycles. The van der Waals surface area contributed by atoms with Crippen LogP contribution in [0.15, 0.2) is 47.1 Å². The van der Waals surface area contributed by atoms with Crippen molar-refractivity contribution in [2.75, 3.05) is 13.1 Å². The number of carbonyl (C=O) groups is 2. The van der Waals surface area contributed by atoms with E-state index in [1.165, 1.54) is 17.4 Å². The molecule has 2 aromatic rings. The summed E-state index contributed by atoms with van der Waals surface area (Å²) in [6, 6.07) is 11.8. The zero-order valence-electron chi connectivity index (χ0n) is 14.5. The van der Waals surface area contributed by atoms with Crippen molar-refractivity contribution in [3.8, 4) is 0 Å². The van der Waals surface area contributed by atoms with Gasteiger partial charge in [-0.2, -0.15) is 0 Å².